The minimum Gasteiger partial charge on any atom is -0.507 e. The first-order chi connectivity index (χ1) is 17.7. The van der Waals surface area contributed by atoms with Gasteiger partial charge in [0.1, 0.15) is 11.5 Å². The number of benzene rings is 4. The van der Waals surface area contributed by atoms with E-state index in [0.717, 1.165) is 98.4 Å². The highest BCUT2D eigenvalue weighted by Gasteiger charge is 2.22. The first-order valence-electron chi connectivity index (χ1n) is 12.8. The van der Waals surface area contributed by atoms with Crippen molar-refractivity contribution in [3.8, 4) is 22.6 Å². The summed E-state index contributed by atoms with van der Waals surface area (Å²) in [6, 6.07) is 20.1. The van der Waals surface area contributed by atoms with Gasteiger partial charge in [0, 0.05) is 50.4 Å². The van der Waals surface area contributed by atoms with Crippen LogP contribution in [-0.2, 0) is 22.6 Å². The Labute approximate surface area is 211 Å². The van der Waals surface area contributed by atoms with E-state index in [1.165, 1.54) is 0 Å². The van der Waals surface area contributed by atoms with Crippen LogP contribution in [0, 0.1) is 0 Å². The van der Waals surface area contributed by atoms with Crippen molar-refractivity contribution in [1.82, 2.24) is 9.80 Å². The van der Waals surface area contributed by atoms with Crippen LogP contribution in [0.3, 0.4) is 0 Å². The lowest BCUT2D eigenvalue weighted by molar-refractivity contribution is 0.0343. The number of hydrogen-bond donors (Lipinski definition) is 2. The van der Waals surface area contributed by atoms with Crippen LogP contribution in [-0.4, -0.2) is 72.6 Å². The van der Waals surface area contributed by atoms with Gasteiger partial charge < -0.3 is 19.7 Å². The number of ether oxygens (including phenoxy) is 2. The van der Waals surface area contributed by atoms with E-state index in [0.29, 0.717) is 11.1 Å². The molecule has 2 aliphatic rings. The van der Waals surface area contributed by atoms with Crippen molar-refractivity contribution >= 4 is 21.5 Å². The lowest BCUT2D eigenvalue weighted by atomic mass is 9.88. The molecule has 2 N–H and O–H groups in total. The van der Waals surface area contributed by atoms with E-state index in [2.05, 4.69) is 21.9 Å². The van der Waals surface area contributed by atoms with Crippen LogP contribution in [0.4, 0.5) is 0 Å². The van der Waals surface area contributed by atoms with Gasteiger partial charge in [-0.2, -0.15) is 0 Å². The number of aromatic hydroxyl groups is 2. The summed E-state index contributed by atoms with van der Waals surface area (Å²) in [5.41, 5.74) is 3.54. The zero-order valence-corrected chi connectivity index (χ0v) is 20.4. The zero-order chi connectivity index (χ0) is 24.5. The molecule has 0 bridgehead atoms. The Morgan fingerprint density at radius 3 is 1.31 bits per heavy atom. The van der Waals surface area contributed by atoms with Crippen molar-refractivity contribution in [3.05, 3.63) is 71.8 Å². The van der Waals surface area contributed by atoms with Gasteiger partial charge in [-0.3, -0.25) is 9.80 Å². The molecule has 6 nitrogen and oxygen atoms in total. The first kappa shape index (κ1) is 23.3. The molecule has 0 spiro atoms. The number of phenolic OH excluding ortho intramolecular Hbond substituents is 2. The van der Waals surface area contributed by atoms with Gasteiger partial charge in [0.2, 0.25) is 0 Å². The highest BCUT2D eigenvalue weighted by atomic mass is 16.5. The summed E-state index contributed by atoms with van der Waals surface area (Å²) in [6.07, 6.45) is 0. The van der Waals surface area contributed by atoms with Gasteiger partial charge in [-0.25, -0.2) is 0 Å². The van der Waals surface area contributed by atoms with E-state index >= 15 is 0 Å². The molecular weight excluding hydrogens is 452 g/mol. The van der Waals surface area contributed by atoms with Crippen LogP contribution < -0.4 is 0 Å². The summed E-state index contributed by atoms with van der Waals surface area (Å²) in [7, 11) is 0. The smallest absolute Gasteiger partial charge is 0.124 e. The second-order valence-corrected chi connectivity index (χ2v) is 9.73. The molecular formula is C30H32N2O4. The fourth-order valence-corrected chi connectivity index (χ4v) is 5.66. The monoisotopic (exact) mass is 484 g/mol. The third-order valence-corrected chi connectivity index (χ3v) is 7.46. The Morgan fingerprint density at radius 1 is 0.556 bits per heavy atom. The van der Waals surface area contributed by atoms with Crippen molar-refractivity contribution in [2.45, 2.75) is 13.1 Å². The van der Waals surface area contributed by atoms with Crippen molar-refractivity contribution in [2.75, 3.05) is 52.6 Å². The van der Waals surface area contributed by atoms with Crippen molar-refractivity contribution < 1.29 is 19.7 Å². The third kappa shape index (κ3) is 4.42. The van der Waals surface area contributed by atoms with Gasteiger partial charge in [-0.1, -0.05) is 48.5 Å². The second kappa shape index (κ2) is 10.1. The van der Waals surface area contributed by atoms with Crippen LogP contribution >= 0.6 is 0 Å². The van der Waals surface area contributed by atoms with Gasteiger partial charge in [-0.05, 0) is 44.8 Å². The quantitative estimate of drug-likeness (QED) is 0.427. The summed E-state index contributed by atoms with van der Waals surface area (Å²) < 4.78 is 11.0. The highest BCUT2D eigenvalue weighted by Crippen LogP contribution is 2.46. The molecule has 0 atom stereocenters. The molecule has 0 radical (unpaired) electrons. The third-order valence-electron chi connectivity index (χ3n) is 7.46. The zero-order valence-electron chi connectivity index (χ0n) is 20.4. The first-order valence-corrected chi connectivity index (χ1v) is 12.8. The van der Waals surface area contributed by atoms with E-state index in [4.69, 9.17) is 9.47 Å². The minimum atomic E-state index is 0.193. The molecule has 2 saturated heterocycles. The van der Waals surface area contributed by atoms with Crippen LogP contribution in [0.5, 0.6) is 11.5 Å². The maximum Gasteiger partial charge on any atom is 0.124 e. The molecule has 0 aromatic heterocycles. The summed E-state index contributed by atoms with van der Waals surface area (Å²) in [6.45, 7) is 7.97. The lowest BCUT2D eigenvalue weighted by Crippen LogP contribution is -2.35. The summed E-state index contributed by atoms with van der Waals surface area (Å²) >= 11 is 0. The van der Waals surface area contributed by atoms with Crippen LogP contribution in [0.25, 0.3) is 32.7 Å². The molecule has 36 heavy (non-hydrogen) atoms. The van der Waals surface area contributed by atoms with Gasteiger partial charge in [0.25, 0.3) is 0 Å². The van der Waals surface area contributed by atoms with Crippen LogP contribution in [0.15, 0.2) is 60.7 Å². The minimum absolute atomic E-state index is 0.193. The lowest BCUT2D eigenvalue weighted by Gasteiger charge is -2.28. The Hall–Kier alpha value is -3.16. The Balaban J connectivity index is 1.49. The van der Waals surface area contributed by atoms with Crippen molar-refractivity contribution in [2.24, 2.45) is 0 Å². The van der Waals surface area contributed by atoms with E-state index in [1.807, 2.05) is 48.5 Å². The molecule has 6 heteroatoms. The van der Waals surface area contributed by atoms with Gasteiger partial charge >= 0.3 is 0 Å². The van der Waals surface area contributed by atoms with Crippen LogP contribution in [0.1, 0.15) is 11.1 Å². The van der Waals surface area contributed by atoms with Crippen LogP contribution in [0.2, 0.25) is 0 Å². The molecule has 6 rings (SSSR count). The number of rotatable bonds is 5. The number of hydrogen-bond acceptors (Lipinski definition) is 6. The molecule has 4 aromatic rings. The number of morpholine rings is 2. The maximum atomic E-state index is 11.4. The predicted octanol–water partition coefficient (Wildman–Crippen LogP) is 4.74. The normalized spacial score (nSPS) is 17.7. The largest absolute Gasteiger partial charge is 0.507 e. The van der Waals surface area contributed by atoms with Gasteiger partial charge in [0.15, 0.2) is 0 Å². The molecule has 2 fully saturated rings. The molecule has 4 aromatic carbocycles. The van der Waals surface area contributed by atoms with Gasteiger partial charge in [0.05, 0.1) is 26.4 Å². The molecule has 0 amide bonds. The molecule has 2 heterocycles. The second-order valence-electron chi connectivity index (χ2n) is 9.73. The average Bonchev–Trinajstić information content (AvgIpc) is 2.91. The molecule has 186 valence electrons. The summed E-state index contributed by atoms with van der Waals surface area (Å²) in [5.74, 6) is 0.386. The number of fused-ring (bicyclic) bond motifs is 2. The standard InChI is InChI=1S/C30H32N2O4/c33-27-17-21(19-31-9-13-35-14-10-31)23-5-1-3-7-25(23)29(27)30-26-8-4-2-6-24(26)22(18-28(30)34)20-32-11-15-36-16-12-32/h1-8,17-18,33-34H,9-16,19-20H2. The van der Waals surface area contributed by atoms with Crippen molar-refractivity contribution in [3.63, 3.8) is 0 Å². The molecule has 2 aliphatic heterocycles. The Kier molecular flexibility index (Phi) is 6.50. The summed E-state index contributed by atoms with van der Waals surface area (Å²) in [5, 5.41) is 26.9. The Morgan fingerprint density at radius 2 is 0.917 bits per heavy atom. The molecule has 0 saturated carbocycles. The highest BCUT2D eigenvalue weighted by molar-refractivity contribution is 6.11. The van der Waals surface area contributed by atoms with E-state index in [9.17, 15) is 10.2 Å². The SMILES string of the molecule is Oc1cc(CN2CCOCC2)c2ccccc2c1-c1c(O)cc(CN2CCOCC2)c2ccccc12. The summed E-state index contributed by atoms with van der Waals surface area (Å²) in [4.78, 5) is 4.72. The van der Waals surface area contributed by atoms with E-state index in [-0.39, 0.29) is 11.5 Å². The predicted molar refractivity (Wildman–Crippen MR) is 142 cm³/mol. The molecule has 0 aliphatic carbocycles. The molecule has 0 unspecified atom stereocenters. The van der Waals surface area contributed by atoms with E-state index < -0.39 is 0 Å². The Bertz CT molecular complexity index is 1280. The maximum absolute atomic E-state index is 11.4. The number of phenols is 2. The fourth-order valence-electron chi connectivity index (χ4n) is 5.66. The fraction of sp³-hybridized carbons (Fsp3) is 0.333. The van der Waals surface area contributed by atoms with E-state index in [1.54, 1.807) is 0 Å². The number of nitrogens with zero attached hydrogens (tertiary/aromatic N) is 2. The topological polar surface area (TPSA) is 65.4 Å². The van der Waals surface area contributed by atoms with Crippen molar-refractivity contribution in [1.29, 1.82) is 0 Å². The van der Waals surface area contributed by atoms with Gasteiger partial charge in [-0.15, -0.1) is 0 Å². The average molecular weight is 485 g/mol.